The number of nitrogens with zero attached hydrogens (tertiary/aromatic N) is 3. The van der Waals surface area contributed by atoms with Crippen molar-refractivity contribution >= 4 is 27.5 Å². The predicted octanol–water partition coefficient (Wildman–Crippen LogP) is 4.55. The first-order valence-electron chi connectivity index (χ1n) is 10.6. The van der Waals surface area contributed by atoms with Gasteiger partial charge in [0.25, 0.3) is 5.56 Å². The second-order valence-corrected chi connectivity index (χ2v) is 9.95. The highest BCUT2D eigenvalue weighted by atomic mass is 32.3. The van der Waals surface area contributed by atoms with Crippen molar-refractivity contribution in [1.29, 1.82) is 0 Å². The van der Waals surface area contributed by atoms with Crippen LogP contribution in [-0.4, -0.2) is 23.8 Å². The van der Waals surface area contributed by atoms with Crippen LogP contribution in [0.4, 0.5) is 5.69 Å². The maximum Gasteiger partial charge on any atom is 0.281 e. The van der Waals surface area contributed by atoms with E-state index in [1.54, 1.807) is 41.1 Å². The molecule has 1 aliphatic carbocycles. The average molecular weight is 443 g/mol. The molecule has 164 valence electrons. The maximum absolute atomic E-state index is 13.8. The molecule has 9 heteroatoms. The first-order valence-corrected chi connectivity index (χ1v) is 12.2. The third kappa shape index (κ3) is 3.47. The van der Waals surface area contributed by atoms with Crippen molar-refractivity contribution in [1.82, 2.24) is 14.4 Å². The first-order chi connectivity index (χ1) is 15.0. The molecule has 0 unspecified atom stereocenters. The number of hydrogen-bond acceptors (Lipinski definition) is 7. The number of anilines is 1. The van der Waals surface area contributed by atoms with Gasteiger partial charge < -0.3 is 5.11 Å². The van der Waals surface area contributed by atoms with Crippen molar-refractivity contribution in [2.75, 3.05) is 5.01 Å². The van der Waals surface area contributed by atoms with E-state index >= 15 is 0 Å². The molecule has 0 amide bonds. The maximum atomic E-state index is 13.8. The quantitative estimate of drug-likeness (QED) is 0.431. The Morgan fingerprint density at radius 3 is 2.55 bits per heavy atom. The van der Waals surface area contributed by atoms with Crippen LogP contribution in [0.5, 0.6) is 5.75 Å². The van der Waals surface area contributed by atoms with E-state index in [1.165, 1.54) is 5.01 Å². The SMILES string of the molecule is O=c1c(N2Cc3ccccc3S(O)(O)N2)c(O)c2cccnc2n1C1CCCCCC1. The first kappa shape index (κ1) is 20.3. The van der Waals surface area contributed by atoms with Crippen LogP contribution in [0.3, 0.4) is 0 Å². The highest BCUT2D eigenvalue weighted by Gasteiger charge is 2.33. The summed E-state index contributed by atoms with van der Waals surface area (Å²) < 4.78 is 23.1. The molecule has 2 aliphatic rings. The number of benzene rings is 1. The van der Waals surface area contributed by atoms with Crippen LogP contribution >= 0.6 is 10.8 Å². The molecule has 1 fully saturated rings. The summed E-state index contributed by atoms with van der Waals surface area (Å²) in [5.74, 6) is -0.208. The van der Waals surface area contributed by atoms with Crippen molar-refractivity contribution in [3.05, 3.63) is 58.5 Å². The smallest absolute Gasteiger partial charge is 0.281 e. The number of rotatable bonds is 2. The van der Waals surface area contributed by atoms with Gasteiger partial charge in [-0.05, 0) is 36.6 Å². The molecule has 0 bridgehead atoms. The molecule has 1 aliphatic heterocycles. The molecule has 5 rings (SSSR count). The summed E-state index contributed by atoms with van der Waals surface area (Å²) >= 11 is 0. The van der Waals surface area contributed by atoms with Crippen molar-refractivity contribution in [3.8, 4) is 5.75 Å². The summed E-state index contributed by atoms with van der Waals surface area (Å²) in [5.41, 5.74) is 0.786. The monoisotopic (exact) mass is 442 g/mol. The molecule has 8 nitrogen and oxygen atoms in total. The molecule has 31 heavy (non-hydrogen) atoms. The third-order valence-corrected chi connectivity index (χ3v) is 7.71. The Bertz CT molecular complexity index is 1190. The molecule has 1 aromatic carbocycles. The molecule has 0 atom stereocenters. The lowest BCUT2D eigenvalue weighted by Crippen LogP contribution is -2.46. The molecular weight excluding hydrogens is 416 g/mol. The lowest BCUT2D eigenvalue weighted by Gasteiger charge is -2.44. The van der Waals surface area contributed by atoms with E-state index in [9.17, 15) is 19.0 Å². The van der Waals surface area contributed by atoms with E-state index in [4.69, 9.17) is 0 Å². The Morgan fingerprint density at radius 2 is 1.77 bits per heavy atom. The van der Waals surface area contributed by atoms with Gasteiger partial charge in [0.05, 0.1) is 16.8 Å². The molecule has 0 spiro atoms. The number of pyridine rings is 2. The van der Waals surface area contributed by atoms with E-state index in [-0.39, 0.29) is 29.6 Å². The minimum Gasteiger partial charge on any atom is -0.505 e. The number of hydrogen-bond donors (Lipinski definition) is 4. The number of fused-ring (bicyclic) bond motifs is 2. The highest BCUT2D eigenvalue weighted by Crippen LogP contribution is 2.50. The van der Waals surface area contributed by atoms with Crippen molar-refractivity contribution in [3.63, 3.8) is 0 Å². The molecular formula is C22H26N4O4S. The fourth-order valence-corrected chi connectivity index (χ4v) is 6.08. The summed E-state index contributed by atoms with van der Waals surface area (Å²) in [4.78, 5) is 21.3. The Balaban J connectivity index is 1.70. The Kier molecular flexibility index (Phi) is 5.13. The fraction of sp³-hybridized carbons (Fsp3) is 0.364. The zero-order chi connectivity index (χ0) is 21.6. The van der Waals surface area contributed by atoms with Gasteiger partial charge in [-0.1, -0.05) is 54.7 Å². The van der Waals surface area contributed by atoms with Gasteiger partial charge in [0.15, 0.2) is 11.4 Å². The van der Waals surface area contributed by atoms with Gasteiger partial charge >= 0.3 is 0 Å². The Morgan fingerprint density at radius 1 is 1.03 bits per heavy atom. The second kappa shape index (κ2) is 7.83. The van der Waals surface area contributed by atoms with E-state index < -0.39 is 10.8 Å². The standard InChI is InChI=1S/C22H26N4O4S/c27-20-17-11-7-13-23-21(17)26(16-9-3-1-2-4-10-16)22(28)19(20)25-14-15-8-5-6-12-18(15)31(29,30)24-25/h5-8,11-13,16,24,27,29-30H,1-4,9-10,14H2. The zero-order valence-corrected chi connectivity index (χ0v) is 17.9. The van der Waals surface area contributed by atoms with Crippen molar-refractivity contribution < 1.29 is 14.2 Å². The van der Waals surface area contributed by atoms with Crippen LogP contribution in [0, 0.1) is 0 Å². The second-order valence-electron chi connectivity index (χ2n) is 8.23. The Hall–Kier alpha value is -2.59. The molecule has 3 aromatic rings. The fourth-order valence-electron chi connectivity index (χ4n) is 4.75. The summed E-state index contributed by atoms with van der Waals surface area (Å²) in [6.45, 7) is 0.214. The normalized spacial score (nSPS) is 20.3. The molecule has 0 radical (unpaired) electrons. The van der Waals surface area contributed by atoms with Gasteiger partial charge in [0, 0.05) is 12.2 Å². The lowest BCUT2D eigenvalue weighted by molar-refractivity contribution is 0.429. The number of hydrazine groups is 1. The largest absolute Gasteiger partial charge is 0.505 e. The highest BCUT2D eigenvalue weighted by molar-refractivity contribution is 8.22. The predicted molar refractivity (Wildman–Crippen MR) is 121 cm³/mol. The number of aromatic nitrogens is 2. The number of aromatic hydroxyl groups is 1. The molecule has 4 N–H and O–H groups in total. The lowest BCUT2D eigenvalue weighted by atomic mass is 10.1. The zero-order valence-electron chi connectivity index (χ0n) is 17.1. The Labute approximate surface area is 181 Å². The van der Waals surface area contributed by atoms with E-state index in [0.717, 1.165) is 38.5 Å². The molecule has 0 saturated heterocycles. The average Bonchev–Trinajstić information content (AvgIpc) is 3.03. The van der Waals surface area contributed by atoms with E-state index in [0.29, 0.717) is 21.5 Å². The number of nitrogens with one attached hydrogen (secondary N) is 1. The summed E-state index contributed by atoms with van der Waals surface area (Å²) in [5, 5.41) is 12.9. The van der Waals surface area contributed by atoms with Gasteiger partial charge in [-0.25, -0.2) is 4.98 Å². The van der Waals surface area contributed by atoms with Crippen molar-refractivity contribution in [2.45, 2.75) is 56.0 Å². The van der Waals surface area contributed by atoms with Gasteiger partial charge in [-0.3, -0.25) is 23.5 Å². The molecule has 2 aromatic heterocycles. The summed E-state index contributed by atoms with van der Waals surface area (Å²) in [6, 6.07) is 10.5. The van der Waals surface area contributed by atoms with Crippen molar-refractivity contribution in [2.24, 2.45) is 0 Å². The summed E-state index contributed by atoms with van der Waals surface area (Å²) in [6.07, 6.45) is 7.75. The van der Waals surface area contributed by atoms with Crippen LogP contribution in [0.1, 0.15) is 50.1 Å². The third-order valence-electron chi connectivity index (χ3n) is 6.22. The van der Waals surface area contributed by atoms with E-state index in [2.05, 4.69) is 9.82 Å². The van der Waals surface area contributed by atoms with Crippen LogP contribution < -0.4 is 15.4 Å². The van der Waals surface area contributed by atoms with E-state index in [1.807, 2.05) is 6.07 Å². The summed E-state index contributed by atoms with van der Waals surface area (Å²) in [7, 11) is -3.37. The topological polar surface area (TPSA) is 111 Å². The van der Waals surface area contributed by atoms with Gasteiger partial charge in [-0.2, -0.15) is 0 Å². The van der Waals surface area contributed by atoms with Crippen LogP contribution in [0.15, 0.2) is 52.3 Å². The van der Waals surface area contributed by atoms with Crippen LogP contribution in [0.2, 0.25) is 0 Å². The van der Waals surface area contributed by atoms with Crippen LogP contribution in [-0.2, 0) is 6.54 Å². The van der Waals surface area contributed by atoms with Gasteiger partial charge in [-0.15, -0.1) is 4.83 Å². The van der Waals surface area contributed by atoms with Gasteiger partial charge in [0.1, 0.15) is 5.65 Å². The van der Waals surface area contributed by atoms with Crippen LogP contribution in [0.25, 0.3) is 11.0 Å². The molecule has 1 saturated carbocycles. The van der Waals surface area contributed by atoms with Gasteiger partial charge in [0.2, 0.25) is 0 Å². The minimum absolute atomic E-state index is 0.0100. The minimum atomic E-state index is -3.37. The molecule has 3 heterocycles.